The number of carbonyl (C=O) groups is 2. The number of rotatable bonds is 4. The lowest BCUT2D eigenvalue weighted by Gasteiger charge is -2.19. The fourth-order valence-electron chi connectivity index (χ4n) is 2.56. The first-order chi connectivity index (χ1) is 9.97. The number of hydrogen-bond donors (Lipinski definition) is 4. The number of benzene rings is 1. The third kappa shape index (κ3) is 3.95. The van der Waals surface area contributed by atoms with Gasteiger partial charge in [0.1, 0.15) is 0 Å². The lowest BCUT2D eigenvalue weighted by atomic mass is 9.96. The van der Waals surface area contributed by atoms with Gasteiger partial charge in [0.15, 0.2) is 0 Å². The average molecular weight is 290 g/mol. The quantitative estimate of drug-likeness (QED) is 0.671. The van der Waals surface area contributed by atoms with Gasteiger partial charge in [-0.15, -0.1) is 0 Å². The summed E-state index contributed by atoms with van der Waals surface area (Å²) in [4.78, 5) is 23.0. The Labute approximate surface area is 124 Å². The molecule has 3 atom stereocenters. The van der Waals surface area contributed by atoms with E-state index in [1.807, 2.05) is 19.1 Å². The fraction of sp³-hybridized carbons (Fsp3) is 0.467. The van der Waals surface area contributed by atoms with Crippen LogP contribution in [0, 0.1) is 11.8 Å². The minimum absolute atomic E-state index is 0.0308. The highest BCUT2D eigenvalue weighted by atomic mass is 16.2. The second-order valence-corrected chi connectivity index (χ2v) is 5.58. The van der Waals surface area contributed by atoms with Crippen LogP contribution in [-0.4, -0.2) is 25.0 Å². The largest absolute Gasteiger partial charge is 0.351 e. The van der Waals surface area contributed by atoms with Crippen LogP contribution in [0.2, 0.25) is 0 Å². The molecule has 6 heteroatoms. The van der Waals surface area contributed by atoms with Gasteiger partial charge in [-0.25, -0.2) is 4.79 Å². The summed E-state index contributed by atoms with van der Waals surface area (Å²) < 4.78 is 0. The summed E-state index contributed by atoms with van der Waals surface area (Å²) in [7, 11) is 0. The van der Waals surface area contributed by atoms with Gasteiger partial charge in [0.25, 0.3) is 0 Å². The van der Waals surface area contributed by atoms with Crippen molar-refractivity contribution in [2.24, 2.45) is 17.6 Å². The van der Waals surface area contributed by atoms with Gasteiger partial charge in [-0.3, -0.25) is 4.79 Å². The summed E-state index contributed by atoms with van der Waals surface area (Å²) in [6, 6.07) is 6.60. The maximum atomic E-state index is 12.2. The predicted octanol–water partition coefficient (Wildman–Crippen LogP) is 1.21. The molecule has 1 aliphatic heterocycles. The summed E-state index contributed by atoms with van der Waals surface area (Å²) in [5, 5.41) is 8.77. The summed E-state index contributed by atoms with van der Waals surface area (Å²) in [5.74, 6) is 0.474. The zero-order valence-electron chi connectivity index (χ0n) is 12.3. The van der Waals surface area contributed by atoms with Crippen LogP contribution in [0.1, 0.15) is 25.5 Å². The van der Waals surface area contributed by atoms with Gasteiger partial charge in [-0.05, 0) is 37.1 Å². The Kier molecular flexibility index (Phi) is 4.80. The molecule has 6 nitrogen and oxygen atoms in total. The van der Waals surface area contributed by atoms with E-state index >= 15 is 0 Å². The van der Waals surface area contributed by atoms with Gasteiger partial charge in [-0.2, -0.15) is 0 Å². The molecule has 1 unspecified atom stereocenters. The van der Waals surface area contributed by atoms with E-state index in [1.165, 1.54) is 0 Å². The van der Waals surface area contributed by atoms with Gasteiger partial charge >= 0.3 is 6.03 Å². The first-order valence-corrected chi connectivity index (χ1v) is 7.15. The maximum absolute atomic E-state index is 12.2. The van der Waals surface area contributed by atoms with Crippen molar-refractivity contribution in [2.45, 2.75) is 19.9 Å². The molecular weight excluding hydrogens is 268 g/mol. The van der Waals surface area contributed by atoms with Gasteiger partial charge < -0.3 is 21.7 Å². The van der Waals surface area contributed by atoms with Crippen molar-refractivity contribution in [2.75, 3.05) is 18.4 Å². The third-order valence-corrected chi connectivity index (χ3v) is 3.89. The Hall–Kier alpha value is -2.08. The molecule has 1 aromatic carbocycles. The first kappa shape index (κ1) is 15.3. The van der Waals surface area contributed by atoms with Crippen molar-refractivity contribution >= 4 is 17.6 Å². The molecule has 2 rings (SSSR count). The third-order valence-electron chi connectivity index (χ3n) is 3.89. The van der Waals surface area contributed by atoms with E-state index in [4.69, 9.17) is 5.73 Å². The van der Waals surface area contributed by atoms with Crippen LogP contribution in [0.15, 0.2) is 24.3 Å². The Morgan fingerprint density at radius 3 is 2.48 bits per heavy atom. The fourth-order valence-corrected chi connectivity index (χ4v) is 2.56. The molecule has 1 aromatic rings. The molecule has 0 aliphatic carbocycles. The molecule has 1 aliphatic rings. The van der Waals surface area contributed by atoms with E-state index in [9.17, 15) is 9.59 Å². The highest BCUT2D eigenvalue weighted by molar-refractivity contribution is 5.87. The van der Waals surface area contributed by atoms with Crippen LogP contribution >= 0.6 is 0 Å². The van der Waals surface area contributed by atoms with Crippen molar-refractivity contribution in [3.63, 3.8) is 0 Å². The second kappa shape index (κ2) is 6.58. The minimum atomic E-state index is -0.591. The van der Waals surface area contributed by atoms with E-state index in [0.29, 0.717) is 11.6 Å². The molecule has 114 valence electrons. The molecular formula is C15H22N4O2. The normalized spacial score (nSPS) is 22.6. The second-order valence-electron chi connectivity index (χ2n) is 5.58. The molecule has 1 heterocycles. The van der Waals surface area contributed by atoms with Crippen LogP contribution in [-0.2, 0) is 4.79 Å². The zero-order valence-corrected chi connectivity index (χ0v) is 12.3. The highest BCUT2D eigenvalue weighted by Crippen LogP contribution is 2.20. The summed E-state index contributed by atoms with van der Waals surface area (Å²) in [6.07, 6.45) is 0. The van der Waals surface area contributed by atoms with Gasteiger partial charge in [0.05, 0.1) is 12.0 Å². The Bertz CT molecular complexity index is 515. The van der Waals surface area contributed by atoms with Crippen molar-refractivity contribution in [3.8, 4) is 0 Å². The molecule has 21 heavy (non-hydrogen) atoms. The van der Waals surface area contributed by atoms with Crippen molar-refractivity contribution in [1.29, 1.82) is 0 Å². The van der Waals surface area contributed by atoms with Crippen molar-refractivity contribution in [3.05, 3.63) is 29.8 Å². The maximum Gasteiger partial charge on any atom is 0.316 e. The highest BCUT2D eigenvalue weighted by Gasteiger charge is 2.30. The number of urea groups is 1. The zero-order chi connectivity index (χ0) is 15.4. The van der Waals surface area contributed by atoms with Crippen molar-refractivity contribution < 1.29 is 9.59 Å². The predicted molar refractivity (Wildman–Crippen MR) is 81.7 cm³/mol. The first-order valence-electron chi connectivity index (χ1n) is 7.15. The van der Waals surface area contributed by atoms with E-state index < -0.39 is 6.03 Å². The number of nitrogens with one attached hydrogen (secondary N) is 3. The number of hydrogen-bond acceptors (Lipinski definition) is 3. The molecule has 0 radical (unpaired) electrons. The molecule has 0 spiro atoms. The molecule has 3 amide bonds. The van der Waals surface area contributed by atoms with E-state index in [1.54, 1.807) is 12.1 Å². The summed E-state index contributed by atoms with van der Waals surface area (Å²) in [6.45, 7) is 5.65. The lowest BCUT2D eigenvalue weighted by Crippen LogP contribution is -2.35. The molecule has 0 bridgehead atoms. The van der Waals surface area contributed by atoms with E-state index in [0.717, 1.165) is 18.7 Å². The van der Waals surface area contributed by atoms with E-state index in [-0.39, 0.29) is 17.9 Å². The van der Waals surface area contributed by atoms with E-state index in [2.05, 4.69) is 22.9 Å². The smallest absolute Gasteiger partial charge is 0.316 e. The van der Waals surface area contributed by atoms with Gasteiger partial charge in [-0.1, -0.05) is 19.1 Å². The molecule has 0 aromatic heterocycles. The standard InChI is InChI=1S/C15H22N4O2/c1-9-7-17-8-13(9)14(20)18-10(2)11-3-5-12(6-4-11)19-15(16)21/h3-6,9-10,13,17H,7-8H2,1-2H3,(H,18,20)(H3,16,19,21)/t9-,10?,13-/m1/s1. The Balaban J connectivity index is 1.95. The van der Waals surface area contributed by atoms with Gasteiger partial charge in [0.2, 0.25) is 5.91 Å². The topological polar surface area (TPSA) is 96.2 Å². The molecule has 1 fully saturated rings. The average Bonchev–Trinajstić information content (AvgIpc) is 2.85. The Morgan fingerprint density at radius 2 is 1.95 bits per heavy atom. The molecule has 5 N–H and O–H groups in total. The van der Waals surface area contributed by atoms with Crippen LogP contribution < -0.4 is 21.7 Å². The van der Waals surface area contributed by atoms with Crippen LogP contribution in [0.5, 0.6) is 0 Å². The van der Waals surface area contributed by atoms with Crippen LogP contribution in [0.25, 0.3) is 0 Å². The number of nitrogens with two attached hydrogens (primary N) is 1. The number of primary amides is 1. The number of anilines is 1. The summed E-state index contributed by atoms with van der Waals surface area (Å²) >= 11 is 0. The summed E-state index contributed by atoms with van der Waals surface area (Å²) in [5.41, 5.74) is 6.68. The Morgan fingerprint density at radius 1 is 1.29 bits per heavy atom. The molecule has 0 saturated carbocycles. The monoisotopic (exact) mass is 290 g/mol. The minimum Gasteiger partial charge on any atom is -0.351 e. The SMILES string of the molecule is CC(NC(=O)[C@@H]1CNC[C@H]1C)c1ccc(NC(N)=O)cc1. The lowest BCUT2D eigenvalue weighted by molar-refractivity contribution is -0.126. The number of amides is 3. The molecule has 1 saturated heterocycles. The number of carbonyl (C=O) groups excluding carboxylic acids is 2. The van der Waals surface area contributed by atoms with Gasteiger partial charge in [0, 0.05) is 12.2 Å². The van der Waals surface area contributed by atoms with Crippen LogP contribution in [0.4, 0.5) is 10.5 Å². The van der Waals surface area contributed by atoms with Crippen molar-refractivity contribution in [1.82, 2.24) is 10.6 Å². The van der Waals surface area contributed by atoms with Crippen LogP contribution in [0.3, 0.4) is 0 Å².